The fraction of sp³-hybridized carbons (Fsp3) is 0.786. The van der Waals surface area contributed by atoms with E-state index in [1.54, 1.807) is 18.7 Å². The molecule has 0 N–H and O–H groups in total. The molecule has 6 nitrogen and oxygen atoms in total. The first-order valence-corrected chi connectivity index (χ1v) is 7.21. The molecule has 2 aliphatic rings. The van der Waals surface area contributed by atoms with E-state index in [0.29, 0.717) is 13.0 Å². The van der Waals surface area contributed by atoms with Gasteiger partial charge in [-0.15, -0.1) is 0 Å². The van der Waals surface area contributed by atoms with Crippen LogP contribution in [-0.2, 0) is 23.9 Å². The van der Waals surface area contributed by atoms with Gasteiger partial charge in [-0.1, -0.05) is 0 Å². The summed E-state index contributed by atoms with van der Waals surface area (Å²) in [6.07, 6.45) is 1.82. The molecule has 2 rings (SSSR count). The van der Waals surface area contributed by atoms with E-state index in [1.165, 1.54) is 0 Å². The predicted molar refractivity (Wildman–Crippen MR) is 69.7 cm³/mol. The van der Waals surface area contributed by atoms with Gasteiger partial charge in [-0.2, -0.15) is 0 Å². The van der Waals surface area contributed by atoms with Crippen molar-refractivity contribution in [1.82, 2.24) is 4.90 Å². The minimum absolute atomic E-state index is 0.0109. The van der Waals surface area contributed by atoms with Crippen LogP contribution in [0.5, 0.6) is 0 Å². The minimum atomic E-state index is -1.34. The second-order valence-corrected chi connectivity index (χ2v) is 5.16. The van der Waals surface area contributed by atoms with Crippen LogP contribution in [0.3, 0.4) is 0 Å². The smallest absolute Gasteiger partial charge is 0.325 e. The van der Waals surface area contributed by atoms with Crippen molar-refractivity contribution in [3.63, 3.8) is 0 Å². The van der Waals surface area contributed by atoms with E-state index in [4.69, 9.17) is 9.47 Å². The zero-order valence-corrected chi connectivity index (χ0v) is 12.0. The molecule has 20 heavy (non-hydrogen) atoms. The molecule has 0 radical (unpaired) electrons. The molecule has 0 aromatic heterocycles. The number of ether oxygens (including phenoxy) is 2. The largest absolute Gasteiger partial charge is 0.465 e. The molecule has 1 unspecified atom stereocenters. The number of esters is 2. The Morgan fingerprint density at radius 1 is 1.25 bits per heavy atom. The molecule has 0 aromatic rings. The van der Waals surface area contributed by atoms with Crippen LogP contribution in [0.25, 0.3) is 0 Å². The Morgan fingerprint density at radius 2 is 1.85 bits per heavy atom. The van der Waals surface area contributed by atoms with Crippen molar-refractivity contribution in [2.45, 2.75) is 45.6 Å². The third kappa shape index (κ3) is 2.17. The van der Waals surface area contributed by atoms with Crippen LogP contribution < -0.4 is 0 Å². The number of carbonyl (C=O) groups excluding carboxylic acids is 3. The van der Waals surface area contributed by atoms with E-state index in [9.17, 15) is 14.4 Å². The zero-order valence-electron chi connectivity index (χ0n) is 12.0. The van der Waals surface area contributed by atoms with Gasteiger partial charge in [-0.25, -0.2) is 0 Å². The molecule has 0 saturated carbocycles. The number of rotatable bonds is 4. The van der Waals surface area contributed by atoms with Gasteiger partial charge < -0.3 is 14.4 Å². The molecular weight excluding hydrogens is 262 g/mol. The van der Waals surface area contributed by atoms with Gasteiger partial charge in [0.15, 0.2) is 5.41 Å². The highest BCUT2D eigenvalue weighted by Crippen LogP contribution is 2.44. The first kappa shape index (κ1) is 14.8. The molecule has 0 spiro atoms. The van der Waals surface area contributed by atoms with E-state index in [1.807, 2.05) is 0 Å². The van der Waals surface area contributed by atoms with Crippen molar-refractivity contribution in [3.8, 4) is 0 Å². The quantitative estimate of drug-likeness (QED) is 0.566. The molecule has 6 heteroatoms. The van der Waals surface area contributed by atoms with Crippen molar-refractivity contribution < 1.29 is 23.9 Å². The summed E-state index contributed by atoms with van der Waals surface area (Å²) in [6, 6.07) is -0.415. The maximum Gasteiger partial charge on any atom is 0.325 e. The molecule has 0 aliphatic carbocycles. The van der Waals surface area contributed by atoms with Crippen molar-refractivity contribution in [1.29, 1.82) is 0 Å². The number of hydrogen-bond donors (Lipinski definition) is 0. The molecule has 2 heterocycles. The molecular formula is C14H21NO5. The van der Waals surface area contributed by atoms with Gasteiger partial charge >= 0.3 is 11.9 Å². The molecule has 112 valence electrons. The van der Waals surface area contributed by atoms with Crippen molar-refractivity contribution in [3.05, 3.63) is 0 Å². The lowest BCUT2D eigenvalue weighted by molar-refractivity contribution is -0.182. The van der Waals surface area contributed by atoms with Gasteiger partial charge in [-0.3, -0.25) is 14.4 Å². The Hall–Kier alpha value is -1.59. The SMILES string of the molecule is CCOC(=O)C1(C(=O)OCC)CCC(=O)N2CCCC21. The fourth-order valence-electron chi connectivity index (χ4n) is 3.27. The highest BCUT2D eigenvalue weighted by molar-refractivity contribution is 6.03. The Morgan fingerprint density at radius 3 is 2.40 bits per heavy atom. The lowest BCUT2D eigenvalue weighted by atomic mass is 9.72. The molecule has 1 amide bonds. The van der Waals surface area contributed by atoms with Gasteiger partial charge in [0.2, 0.25) is 5.91 Å². The van der Waals surface area contributed by atoms with E-state index < -0.39 is 23.4 Å². The average molecular weight is 283 g/mol. The highest BCUT2D eigenvalue weighted by atomic mass is 16.6. The molecule has 0 aromatic carbocycles. The summed E-state index contributed by atoms with van der Waals surface area (Å²) in [5, 5.41) is 0. The number of nitrogens with zero attached hydrogens (tertiary/aromatic N) is 1. The van der Waals surface area contributed by atoms with Gasteiger partial charge in [-0.05, 0) is 33.1 Å². The summed E-state index contributed by atoms with van der Waals surface area (Å²) in [5.74, 6) is -1.09. The van der Waals surface area contributed by atoms with Crippen LogP contribution in [0, 0.1) is 5.41 Å². The van der Waals surface area contributed by atoms with Gasteiger partial charge in [0.05, 0.1) is 19.3 Å². The van der Waals surface area contributed by atoms with Crippen LogP contribution in [0.1, 0.15) is 39.5 Å². The lowest BCUT2D eigenvalue weighted by Gasteiger charge is -2.42. The number of fused-ring (bicyclic) bond motifs is 1. The molecule has 2 saturated heterocycles. The first-order chi connectivity index (χ1) is 9.57. The monoisotopic (exact) mass is 283 g/mol. The van der Waals surface area contributed by atoms with Gasteiger partial charge in [0, 0.05) is 13.0 Å². The lowest BCUT2D eigenvalue weighted by Crippen LogP contribution is -2.60. The second-order valence-electron chi connectivity index (χ2n) is 5.16. The standard InChI is InChI=1S/C14H21NO5/c1-3-19-12(17)14(13(18)20-4-2)8-7-11(16)15-9-5-6-10(14)15/h10H,3-9H2,1-2H3. The highest BCUT2D eigenvalue weighted by Gasteiger charge is 2.60. The third-order valence-electron chi connectivity index (χ3n) is 4.15. The molecule has 2 fully saturated rings. The summed E-state index contributed by atoms with van der Waals surface area (Å²) in [5.41, 5.74) is -1.34. The number of hydrogen-bond acceptors (Lipinski definition) is 5. The number of amides is 1. The van der Waals surface area contributed by atoms with Crippen molar-refractivity contribution >= 4 is 17.8 Å². The van der Waals surface area contributed by atoms with Crippen LogP contribution in [0.15, 0.2) is 0 Å². The van der Waals surface area contributed by atoms with E-state index in [0.717, 1.165) is 6.42 Å². The molecule has 0 bridgehead atoms. The summed E-state index contributed by atoms with van der Waals surface area (Å²) >= 11 is 0. The maximum absolute atomic E-state index is 12.4. The van der Waals surface area contributed by atoms with Crippen LogP contribution >= 0.6 is 0 Å². The minimum Gasteiger partial charge on any atom is -0.465 e. The maximum atomic E-state index is 12.4. The Bertz CT molecular complexity index is 402. The Kier molecular flexibility index (Phi) is 4.30. The van der Waals surface area contributed by atoms with Gasteiger partial charge in [0.1, 0.15) is 0 Å². The summed E-state index contributed by atoms with van der Waals surface area (Å²) in [7, 11) is 0. The number of piperidine rings is 1. The summed E-state index contributed by atoms with van der Waals surface area (Å²) < 4.78 is 10.2. The summed E-state index contributed by atoms with van der Waals surface area (Å²) in [4.78, 5) is 38.4. The van der Waals surface area contributed by atoms with Crippen LogP contribution in [0.2, 0.25) is 0 Å². The second kappa shape index (κ2) is 5.81. The average Bonchev–Trinajstić information content (AvgIpc) is 2.90. The topological polar surface area (TPSA) is 72.9 Å². The van der Waals surface area contributed by atoms with E-state index in [-0.39, 0.29) is 32.0 Å². The summed E-state index contributed by atoms with van der Waals surface area (Å²) in [6.45, 7) is 4.43. The van der Waals surface area contributed by atoms with E-state index in [2.05, 4.69) is 0 Å². The van der Waals surface area contributed by atoms with Crippen LogP contribution in [-0.4, -0.2) is 48.5 Å². The number of carbonyl (C=O) groups is 3. The third-order valence-corrected chi connectivity index (χ3v) is 4.15. The van der Waals surface area contributed by atoms with E-state index >= 15 is 0 Å². The zero-order chi connectivity index (χ0) is 14.8. The Balaban J connectivity index is 2.37. The van der Waals surface area contributed by atoms with Gasteiger partial charge in [0.25, 0.3) is 0 Å². The first-order valence-electron chi connectivity index (χ1n) is 7.21. The normalized spacial score (nSPS) is 24.2. The van der Waals surface area contributed by atoms with Crippen molar-refractivity contribution in [2.75, 3.05) is 19.8 Å². The predicted octanol–water partition coefficient (Wildman–Crippen LogP) is 0.884. The van der Waals surface area contributed by atoms with Crippen molar-refractivity contribution in [2.24, 2.45) is 5.41 Å². The molecule has 1 atom stereocenters. The van der Waals surface area contributed by atoms with Crippen LogP contribution in [0.4, 0.5) is 0 Å². The molecule has 2 aliphatic heterocycles. The fourth-order valence-corrected chi connectivity index (χ4v) is 3.27. The Labute approximate surface area is 118 Å².